The summed E-state index contributed by atoms with van der Waals surface area (Å²) in [7, 11) is 0. The first-order valence-corrected chi connectivity index (χ1v) is 5.00. The molecule has 0 amide bonds. The van der Waals surface area contributed by atoms with Crippen LogP contribution in [-0.2, 0) is 9.53 Å². The topological polar surface area (TPSA) is 58.6 Å². The molecule has 2 N–H and O–H groups in total. The Hall–Kier alpha value is -1.46. The van der Waals surface area contributed by atoms with Gasteiger partial charge in [0.05, 0.1) is 12.7 Å². The Morgan fingerprint density at radius 3 is 2.81 bits per heavy atom. The summed E-state index contributed by atoms with van der Waals surface area (Å²) < 4.78 is 18.7. The molecule has 1 aliphatic rings. The Morgan fingerprint density at radius 1 is 1.50 bits per heavy atom. The lowest BCUT2D eigenvalue weighted by Crippen LogP contribution is -2.47. The van der Waals surface area contributed by atoms with Crippen molar-refractivity contribution in [1.29, 1.82) is 0 Å². The van der Waals surface area contributed by atoms with Crippen molar-refractivity contribution in [2.75, 3.05) is 13.2 Å². The Kier molecular flexibility index (Phi) is 3.17. The van der Waals surface area contributed by atoms with E-state index in [9.17, 15) is 9.18 Å². The van der Waals surface area contributed by atoms with Crippen LogP contribution >= 0.6 is 0 Å². The summed E-state index contributed by atoms with van der Waals surface area (Å²) >= 11 is 0. The number of hydrogen-bond acceptors (Lipinski definition) is 3. The molecule has 0 radical (unpaired) electrons. The number of aliphatic carboxylic acids is 1. The van der Waals surface area contributed by atoms with Gasteiger partial charge in [0.1, 0.15) is 11.9 Å². The first-order valence-electron chi connectivity index (χ1n) is 5.00. The minimum absolute atomic E-state index is 0.0499. The smallest absolute Gasteiger partial charge is 0.323 e. The number of nitrogens with one attached hydrogen (secondary N) is 1. The van der Waals surface area contributed by atoms with Gasteiger partial charge in [0, 0.05) is 12.1 Å². The Labute approximate surface area is 92.0 Å². The monoisotopic (exact) mass is 225 g/mol. The average Bonchev–Trinajstić information content (AvgIpc) is 2.30. The number of carbonyl (C=O) groups is 1. The zero-order valence-electron chi connectivity index (χ0n) is 8.52. The van der Waals surface area contributed by atoms with E-state index in [1.54, 1.807) is 18.2 Å². The molecule has 0 aliphatic carbocycles. The molecule has 0 saturated carbocycles. The second-order valence-corrected chi connectivity index (χ2v) is 3.64. The fourth-order valence-corrected chi connectivity index (χ4v) is 1.67. The van der Waals surface area contributed by atoms with Crippen LogP contribution in [0.5, 0.6) is 0 Å². The van der Waals surface area contributed by atoms with Gasteiger partial charge in [-0.1, -0.05) is 18.2 Å². The van der Waals surface area contributed by atoms with E-state index in [1.165, 1.54) is 6.07 Å². The highest BCUT2D eigenvalue weighted by molar-refractivity contribution is 5.73. The standard InChI is InChI=1S/C11H12FNO3/c12-8-4-2-1-3-7(8)10-5-13-9(6-16-10)11(14)15/h1-4,9-10,13H,5-6H2,(H,14,15). The molecule has 1 aromatic rings. The number of hydrogen-bond donors (Lipinski definition) is 2. The third-order valence-electron chi connectivity index (χ3n) is 2.56. The summed E-state index contributed by atoms with van der Waals surface area (Å²) in [6.07, 6.45) is -0.420. The minimum atomic E-state index is -0.952. The molecule has 1 aliphatic heterocycles. The van der Waals surface area contributed by atoms with Gasteiger partial charge >= 0.3 is 5.97 Å². The predicted molar refractivity (Wildman–Crippen MR) is 54.5 cm³/mol. The molecule has 0 spiro atoms. The van der Waals surface area contributed by atoms with Crippen molar-refractivity contribution in [3.8, 4) is 0 Å². The number of carboxylic acids is 1. The first-order chi connectivity index (χ1) is 7.68. The van der Waals surface area contributed by atoms with Gasteiger partial charge in [-0.25, -0.2) is 4.39 Å². The maximum Gasteiger partial charge on any atom is 0.323 e. The van der Waals surface area contributed by atoms with Crippen molar-refractivity contribution in [2.24, 2.45) is 0 Å². The molecular formula is C11H12FNO3. The summed E-state index contributed by atoms with van der Waals surface area (Å²) in [5.74, 6) is -1.28. The third kappa shape index (κ3) is 2.20. The van der Waals surface area contributed by atoms with E-state index in [1.807, 2.05) is 0 Å². The number of morpholine rings is 1. The Morgan fingerprint density at radius 2 is 2.25 bits per heavy atom. The maximum atomic E-state index is 13.4. The van der Waals surface area contributed by atoms with Crippen molar-refractivity contribution < 1.29 is 19.0 Å². The van der Waals surface area contributed by atoms with Gasteiger partial charge in [-0.3, -0.25) is 10.1 Å². The molecule has 1 fully saturated rings. The summed E-state index contributed by atoms with van der Waals surface area (Å²) in [6.45, 7) is 0.353. The minimum Gasteiger partial charge on any atom is -0.480 e. The fourth-order valence-electron chi connectivity index (χ4n) is 1.67. The molecule has 2 atom stereocenters. The molecule has 0 bridgehead atoms. The van der Waals surface area contributed by atoms with E-state index >= 15 is 0 Å². The van der Waals surface area contributed by atoms with Gasteiger partial charge < -0.3 is 9.84 Å². The molecule has 0 aromatic heterocycles. The highest BCUT2D eigenvalue weighted by atomic mass is 19.1. The summed E-state index contributed by atoms with van der Waals surface area (Å²) in [6, 6.07) is 5.63. The van der Waals surface area contributed by atoms with Crippen LogP contribution in [0.2, 0.25) is 0 Å². The zero-order chi connectivity index (χ0) is 11.5. The van der Waals surface area contributed by atoms with Gasteiger partial charge in [0.25, 0.3) is 0 Å². The van der Waals surface area contributed by atoms with Crippen molar-refractivity contribution in [1.82, 2.24) is 5.32 Å². The highest BCUT2D eigenvalue weighted by Gasteiger charge is 2.27. The van der Waals surface area contributed by atoms with Crippen LogP contribution in [0.15, 0.2) is 24.3 Å². The number of ether oxygens (including phenoxy) is 1. The van der Waals surface area contributed by atoms with E-state index in [2.05, 4.69) is 5.32 Å². The molecule has 1 heterocycles. The second kappa shape index (κ2) is 4.59. The number of carboxylic acid groups (broad SMARTS) is 1. The number of rotatable bonds is 2. The molecule has 2 rings (SSSR count). The van der Waals surface area contributed by atoms with Crippen LogP contribution in [0.1, 0.15) is 11.7 Å². The largest absolute Gasteiger partial charge is 0.480 e. The van der Waals surface area contributed by atoms with Crippen molar-refractivity contribution in [3.05, 3.63) is 35.6 Å². The van der Waals surface area contributed by atoms with Crippen LogP contribution in [0.25, 0.3) is 0 Å². The van der Waals surface area contributed by atoms with Crippen LogP contribution in [0.4, 0.5) is 4.39 Å². The molecule has 16 heavy (non-hydrogen) atoms. The van der Waals surface area contributed by atoms with E-state index in [-0.39, 0.29) is 12.4 Å². The van der Waals surface area contributed by atoms with Crippen molar-refractivity contribution >= 4 is 5.97 Å². The molecule has 4 nitrogen and oxygen atoms in total. The summed E-state index contributed by atoms with van der Waals surface area (Å²) in [5, 5.41) is 11.5. The molecule has 2 unspecified atom stereocenters. The van der Waals surface area contributed by atoms with Gasteiger partial charge in [0.2, 0.25) is 0 Å². The highest BCUT2D eigenvalue weighted by Crippen LogP contribution is 2.22. The van der Waals surface area contributed by atoms with E-state index in [0.29, 0.717) is 12.1 Å². The maximum absolute atomic E-state index is 13.4. The number of benzene rings is 1. The van der Waals surface area contributed by atoms with Gasteiger partial charge in [-0.05, 0) is 6.07 Å². The normalized spacial score (nSPS) is 25.3. The second-order valence-electron chi connectivity index (χ2n) is 3.64. The van der Waals surface area contributed by atoms with Crippen LogP contribution in [0.3, 0.4) is 0 Å². The number of halogens is 1. The van der Waals surface area contributed by atoms with E-state index in [4.69, 9.17) is 9.84 Å². The van der Waals surface area contributed by atoms with Gasteiger partial charge in [-0.2, -0.15) is 0 Å². The van der Waals surface area contributed by atoms with Crippen molar-refractivity contribution in [2.45, 2.75) is 12.1 Å². The summed E-state index contributed by atoms with van der Waals surface area (Å²) in [5.41, 5.74) is 0.457. The van der Waals surface area contributed by atoms with E-state index in [0.717, 1.165) is 0 Å². The fraction of sp³-hybridized carbons (Fsp3) is 0.364. The quantitative estimate of drug-likeness (QED) is 0.786. The van der Waals surface area contributed by atoms with Gasteiger partial charge in [0.15, 0.2) is 0 Å². The van der Waals surface area contributed by atoms with Crippen molar-refractivity contribution in [3.63, 3.8) is 0 Å². The predicted octanol–water partition coefficient (Wildman–Crippen LogP) is 0.940. The lowest BCUT2D eigenvalue weighted by atomic mass is 10.1. The molecule has 5 heteroatoms. The Bertz CT molecular complexity index is 389. The Balaban J connectivity index is 2.05. The SMILES string of the molecule is O=C(O)C1COC(c2ccccc2F)CN1. The molecular weight excluding hydrogens is 213 g/mol. The third-order valence-corrected chi connectivity index (χ3v) is 2.56. The lowest BCUT2D eigenvalue weighted by molar-refractivity contribution is -0.144. The van der Waals surface area contributed by atoms with Crippen LogP contribution in [-0.4, -0.2) is 30.3 Å². The van der Waals surface area contributed by atoms with Gasteiger partial charge in [-0.15, -0.1) is 0 Å². The van der Waals surface area contributed by atoms with Crippen LogP contribution < -0.4 is 5.32 Å². The lowest BCUT2D eigenvalue weighted by Gasteiger charge is -2.28. The van der Waals surface area contributed by atoms with Crippen LogP contribution in [0, 0.1) is 5.82 Å². The summed E-state index contributed by atoms with van der Waals surface area (Å²) in [4.78, 5) is 10.6. The van der Waals surface area contributed by atoms with E-state index < -0.39 is 18.1 Å². The first kappa shape index (κ1) is 11.0. The molecule has 86 valence electrons. The average molecular weight is 225 g/mol. The molecule has 1 saturated heterocycles. The molecule has 1 aromatic carbocycles. The zero-order valence-corrected chi connectivity index (χ0v) is 8.52.